The van der Waals surface area contributed by atoms with Gasteiger partial charge in [-0.3, -0.25) is 15.1 Å². The molecule has 0 saturated heterocycles. The van der Waals surface area contributed by atoms with Gasteiger partial charge in [0.25, 0.3) is 0 Å². The summed E-state index contributed by atoms with van der Waals surface area (Å²) < 4.78 is 10.7. The first-order valence-corrected chi connectivity index (χ1v) is 8.48. The molecule has 0 aliphatic rings. The van der Waals surface area contributed by atoms with Crippen LogP contribution in [0.1, 0.15) is 25.0 Å². The minimum Gasteiger partial charge on any atom is -0.502 e. The summed E-state index contributed by atoms with van der Waals surface area (Å²) in [6.07, 6.45) is 3.92. The van der Waals surface area contributed by atoms with Gasteiger partial charge in [-0.05, 0) is 41.1 Å². The topological polar surface area (TPSA) is 94.7 Å². The van der Waals surface area contributed by atoms with Gasteiger partial charge in [-0.15, -0.1) is 0 Å². The van der Waals surface area contributed by atoms with Crippen LogP contribution in [0, 0.1) is 10.1 Å². The quantitative estimate of drug-likeness (QED) is 0.525. The highest BCUT2D eigenvalue weighted by Crippen LogP contribution is 2.34. The van der Waals surface area contributed by atoms with Crippen LogP contribution in [0.25, 0.3) is 10.8 Å². The molecule has 0 fully saturated rings. The number of phenols is 1. The van der Waals surface area contributed by atoms with Crippen molar-refractivity contribution in [1.82, 2.24) is 4.98 Å². The Morgan fingerprint density at radius 2 is 1.74 bits per heavy atom. The summed E-state index contributed by atoms with van der Waals surface area (Å²) in [5, 5.41) is 22.4. The zero-order valence-corrected chi connectivity index (χ0v) is 15.7. The van der Waals surface area contributed by atoms with E-state index in [-0.39, 0.29) is 11.4 Å². The molecule has 7 nitrogen and oxygen atoms in total. The van der Waals surface area contributed by atoms with E-state index < -0.39 is 4.92 Å². The van der Waals surface area contributed by atoms with E-state index >= 15 is 0 Å². The molecule has 142 valence electrons. The average molecular weight is 370 g/mol. The van der Waals surface area contributed by atoms with Crippen LogP contribution in [0.5, 0.6) is 17.2 Å². The molecule has 0 saturated carbocycles. The van der Waals surface area contributed by atoms with Gasteiger partial charge in [-0.2, -0.15) is 0 Å². The largest absolute Gasteiger partial charge is 0.502 e. The standard InChI is InChI=1S/C18H16N2O5.C2H6/c1-24-17-7-13-10-19-9-12(14(13)8-18(17)25-2)5-11-3-4-15(20(22)23)16(21)6-11;1-2/h3-4,6-10,21H,5H2,1-2H3;1-2H3. The Labute approximate surface area is 157 Å². The monoisotopic (exact) mass is 370 g/mol. The summed E-state index contributed by atoms with van der Waals surface area (Å²) in [6.45, 7) is 4.00. The third-order valence-corrected chi connectivity index (χ3v) is 3.98. The predicted molar refractivity (Wildman–Crippen MR) is 104 cm³/mol. The molecule has 1 N–H and O–H groups in total. The van der Waals surface area contributed by atoms with E-state index in [1.54, 1.807) is 32.7 Å². The van der Waals surface area contributed by atoms with E-state index in [4.69, 9.17) is 9.47 Å². The van der Waals surface area contributed by atoms with Gasteiger partial charge < -0.3 is 14.6 Å². The van der Waals surface area contributed by atoms with Crippen LogP contribution in [0.15, 0.2) is 42.7 Å². The number of methoxy groups -OCH3 is 2. The van der Waals surface area contributed by atoms with Gasteiger partial charge in [0.2, 0.25) is 0 Å². The number of ether oxygens (including phenoxy) is 2. The number of rotatable bonds is 5. The van der Waals surface area contributed by atoms with Crippen LogP contribution in [0.4, 0.5) is 5.69 Å². The molecular formula is C20H22N2O5. The maximum Gasteiger partial charge on any atom is 0.310 e. The lowest BCUT2D eigenvalue weighted by molar-refractivity contribution is -0.385. The number of fused-ring (bicyclic) bond motifs is 1. The van der Waals surface area contributed by atoms with E-state index in [1.165, 1.54) is 12.1 Å². The van der Waals surface area contributed by atoms with E-state index in [9.17, 15) is 15.2 Å². The predicted octanol–water partition coefficient (Wildman–Crippen LogP) is 4.48. The normalized spacial score (nSPS) is 10.1. The molecule has 3 rings (SSSR count). The number of nitro groups is 1. The van der Waals surface area contributed by atoms with Gasteiger partial charge in [0.15, 0.2) is 17.2 Å². The minimum absolute atomic E-state index is 0.314. The Kier molecular flexibility index (Phi) is 6.54. The molecule has 0 amide bonds. The summed E-state index contributed by atoms with van der Waals surface area (Å²) >= 11 is 0. The van der Waals surface area contributed by atoms with Crippen LogP contribution in [-0.4, -0.2) is 29.2 Å². The molecule has 1 aromatic heterocycles. The first kappa shape index (κ1) is 20.0. The number of hydrogen-bond acceptors (Lipinski definition) is 6. The van der Waals surface area contributed by atoms with Crippen molar-refractivity contribution >= 4 is 16.5 Å². The zero-order valence-electron chi connectivity index (χ0n) is 15.7. The van der Waals surface area contributed by atoms with Crippen molar-refractivity contribution in [3.05, 3.63) is 64.0 Å². The summed E-state index contributed by atoms with van der Waals surface area (Å²) in [4.78, 5) is 14.4. The molecular weight excluding hydrogens is 348 g/mol. The van der Waals surface area contributed by atoms with Gasteiger partial charge >= 0.3 is 5.69 Å². The van der Waals surface area contributed by atoms with Crippen molar-refractivity contribution in [2.75, 3.05) is 14.2 Å². The van der Waals surface area contributed by atoms with E-state index in [0.29, 0.717) is 17.9 Å². The van der Waals surface area contributed by atoms with Crippen molar-refractivity contribution in [3.8, 4) is 17.2 Å². The first-order valence-electron chi connectivity index (χ1n) is 8.48. The lowest BCUT2D eigenvalue weighted by Gasteiger charge is -2.12. The maximum absolute atomic E-state index is 10.8. The Bertz CT molecular complexity index is 957. The fraction of sp³-hybridized carbons (Fsp3) is 0.250. The first-order chi connectivity index (χ1) is 13.0. The molecule has 0 bridgehead atoms. The number of aromatic nitrogens is 1. The van der Waals surface area contributed by atoms with E-state index in [0.717, 1.165) is 21.9 Å². The Morgan fingerprint density at radius 3 is 2.33 bits per heavy atom. The van der Waals surface area contributed by atoms with E-state index in [1.807, 2.05) is 26.0 Å². The molecule has 2 aromatic carbocycles. The van der Waals surface area contributed by atoms with Crippen LogP contribution >= 0.6 is 0 Å². The van der Waals surface area contributed by atoms with Gasteiger partial charge in [0, 0.05) is 23.8 Å². The molecule has 0 spiro atoms. The fourth-order valence-electron chi connectivity index (χ4n) is 2.75. The zero-order chi connectivity index (χ0) is 20.0. The summed E-state index contributed by atoms with van der Waals surface area (Å²) in [7, 11) is 3.14. The molecule has 0 aliphatic carbocycles. The SMILES string of the molecule is CC.COc1cc2cncc(Cc3ccc([N+](=O)[O-])c(O)c3)c2cc1OC. The third kappa shape index (κ3) is 4.25. The van der Waals surface area contributed by atoms with Crippen molar-refractivity contribution < 1.29 is 19.5 Å². The second kappa shape index (κ2) is 8.84. The molecule has 0 unspecified atom stereocenters. The fourth-order valence-corrected chi connectivity index (χ4v) is 2.75. The Morgan fingerprint density at radius 1 is 1.07 bits per heavy atom. The maximum atomic E-state index is 10.8. The number of benzene rings is 2. The number of aromatic hydroxyl groups is 1. The highest BCUT2D eigenvalue weighted by Gasteiger charge is 2.14. The number of nitro benzene ring substituents is 1. The van der Waals surface area contributed by atoms with Crippen molar-refractivity contribution in [3.63, 3.8) is 0 Å². The van der Waals surface area contributed by atoms with Crippen molar-refractivity contribution in [1.29, 1.82) is 0 Å². The van der Waals surface area contributed by atoms with Crippen molar-refractivity contribution in [2.24, 2.45) is 0 Å². The van der Waals surface area contributed by atoms with Crippen LogP contribution < -0.4 is 9.47 Å². The summed E-state index contributed by atoms with van der Waals surface area (Å²) in [5.74, 6) is 0.867. The Hall–Kier alpha value is -3.35. The lowest BCUT2D eigenvalue weighted by Crippen LogP contribution is -1.96. The number of nitrogens with zero attached hydrogens (tertiary/aromatic N) is 2. The highest BCUT2D eigenvalue weighted by atomic mass is 16.6. The smallest absolute Gasteiger partial charge is 0.310 e. The molecule has 3 aromatic rings. The van der Waals surface area contributed by atoms with Crippen LogP contribution in [-0.2, 0) is 6.42 Å². The molecule has 0 atom stereocenters. The van der Waals surface area contributed by atoms with Gasteiger partial charge in [-0.25, -0.2) is 0 Å². The minimum atomic E-state index is -0.615. The number of hydrogen-bond donors (Lipinski definition) is 1. The third-order valence-electron chi connectivity index (χ3n) is 3.98. The molecule has 0 radical (unpaired) electrons. The summed E-state index contributed by atoms with van der Waals surface area (Å²) in [6, 6.07) is 8.04. The number of pyridine rings is 1. The summed E-state index contributed by atoms with van der Waals surface area (Å²) in [5.41, 5.74) is 1.34. The highest BCUT2D eigenvalue weighted by molar-refractivity contribution is 5.88. The van der Waals surface area contributed by atoms with Gasteiger partial charge in [0.05, 0.1) is 19.1 Å². The Balaban J connectivity index is 0.00000126. The van der Waals surface area contributed by atoms with E-state index in [2.05, 4.69) is 4.98 Å². The number of phenolic OH excluding ortho intramolecular Hbond substituents is 1. The molecule has 7 heteroatoms. The molecule has 1 heterocycles. The van der Waals surface area contributed by atoms with Crippen LogP contribution in [0.2, 0.25) is 0 Å². The van der Waals surface area contributed by atoms with Gasteiger partial charge in [0.1, 0.15) is 0 Å². The average Bonchev–Trinajstić information content (AvgIpc) is 2.68. The molecule has 0 aliphatic heterocycles. The molecule has 27 heavy (non-hydrogen) atoms. The van der Waals surface area contributed by atoms with Gasteiger partial charge in [-0.1, -0.05) is 19.9 Å². The van der Waals surface area contributed by atoms with Crippen molar-refractivity contribution in [2.45, 2.75) is 20.3 Å². The second-order valence-corrected chi connectivity index (χ2v) is 5.48. The second-order valence-electron chi connectivity index (χ2n) is 5.48. The lowest BCUT2D eigenvalue weighted by atomic mass is 10.00. The van der Waals surface area contributed by atoms with Crippen LogP contribution in [0.3, 0.4) is 0 Å².